The minimum atomic E-state index is 0.819. The molecular weight excluding hydrogens is 88.1 g/mol. The van der Waals surface area contributed by atoms with Crippen LogP contribution in [-0.2, 0) is 0 Å². The Morgan fingerprint density at radius 2 is 2.29 bits per heavy atom. The Labute approximate surface area is 44.0 Å². The molecule has 0 aliphatic rings. The summed E-state index contributed by atoms with van der Waals surface area (Å²) in [6.45, 7) is 5.32. The van der Waals surface area contributed by atoms with Gasteiger partial charge in [-0.25, -0.2) is 4.99 Å². The van der Waals surface area contributed by atoms with Gasteiger partial charge in [0.2, 0.25) is 0 Å². The molecule has 0 aliphatic heterocycles. The molecule has 0 fully saturated rings. The Hall–Kier alpha value is -0.660. The van der Waals surface area contributed by atoms with Gasteiger partial charge in [-0.1, -0.05) is 6.92 Å². The fourth-order valence-corrected chi connectivity index (χ4v) is 0.341. The number of rotatable bonds is 1. The first-order valence-electron chi connectivity index (χ1n) is 2.27. The molecule has 0 atom stereocenters. The number of nitrogens with zero attached hydrogens (tertiary/aromatic N) is 2. The van der Waals surface area contributed by atoms with Crippen molar-refractivity contribution < 1.29 is 0 Å². The van der Waals surface area contributed by atoms with Crippen LogP contribution >= 0.6 is 0 Å². The molecule has 0 aromatic heterocycles. The van der Waals surface area contributed by atoms with Gasteiger partial charge in [0.25, 0.3) is 0 Å². The van der Waals surface area contributed by atoms with E-state index in [0.717, 1.165) is 12.3 Å². The highest BCUT2D eigenvalue weighted by Gasteiger charge is 1.81. The Morgan fingerprint density at radius 1 is 1.71 bits per heavy atom. The van der Waals surface area contributed by atoms with Crippen molar-refractivity contribution in [3.63, 3.8) is 0 Å². The second-order valence-electron chi connectivity index (χ2n) is 1.15. The Kier molecular flexibility index (Phi) is 3.19. The highest BCUT2D eigenvalue weighted by atomic mass is 14.9. The summed E-state index contributed by atoms with van der Waals surface area (Å²) >= 11 is 0. The summed E-state index contributed by atoms with van der Waals surface area (Å²) in [5.41, 5.74) is 0. The average molecular weight is 98.1 g/mol. The van der Waals surface area contributed by atoms with E-state index in [1.165, 1.54) is 0 Å². The van der Waals surface area contributed by atoms with Crippen LogP contribution in [0.5, 0.6) is 0 Å². The van der Waals surface area contributed by atoms with E-state index in [9.17, 15) is 0 Å². The van der Waals surface area contributed by atoms with E-state index >= 15 is 0 Å². The predicted molar refractivity (Wildman–Crippen MR) is 33.2 cm³/mol. The van der Waals surface area contributed by atoms with E-state index in [1.807, 2.05) is 6.92 Å². The molecule has 0 heterocycles. The Bertz CT molecular complexity index is 84.1. The van der Waals surface area contributed by atoms with Crippen molar-refractivity contribution in [1.82, 2.24) is 0 Å². The second kappa shape index (κ2) is 3.53. The first-order valence-corrected chi connectivity index (χ1v) is 2.27. The van der Waals surface area contributed by atoms with Crippen molar-refractivity contribution in [2.24, 2.45) is 9.98 Å². The summed E-state index contributed by atoms with van der Waals surface area (Å²) in [7, 11) is 1.72. The van der Waals surface area contributed by atoms with Gasteiger partial charge in [-0.3, -0.25) is 4.99 Å². The molecule has 2 nitrogen and oxygen atoms in total. The molecule has 0 N–H and O–H groups in total. The highest BCUT2D eigenvalue weighted by Crippen LogP contribution is 1.82. The largest absolute Gasteiger partial charge is 0.274 e. The SMILES string of the molecule is C=N/C(CC)=N\C. The summed E-state index contributed by atoms with van der Waals surface area (Å²) in [6.07, 6.45) is 0.875. The fourth-order valence-electron chi connectivity index (χ4n) is 0.341. The molecule has 0 radical (unpaired) electrons. The third-order valence-electron chi connectivity index (χ3n) is 0.757. The molecule has 0 saturated heterocycles. The van der Waals surface area contributed by atoms with Gasteiger partial charge in [-0.2, -0.15) is 0 Å². The number of hydrogen-bond acceptors (Lipinski definition) is 1. The highest BCUT2D eigenvalue weighted by molar-refractivity contribution is 5.85. The average Bonchev–Trinajstić information content (AvgIpc) is 1.72. The van der Waals surface area contributed by atoms with Crippen molar-refractivity contribution in [3.8, 4) is 0 Å². The summed E-state index contributed by atoms with van der Waals surface area (Å²) in [6, 6.07) is 0. The normalized spacial score (nSPS) is 11.4. The van der Waals surface area contributed by atoms with Gasteiger partial charge in [0.1, 0.15) is 5.84 Å². The molecule has 0 aromatic carbocycles. The maximum Gasteiger partial charge on any atom is 0.121 e. The zero-order valence-electron chi connectivity index (χ0n) is 4.81. The van der Waals surface area contributed by atoms with Gasteiger partial charge in [-0.05, 0) is 6.72 Å². The lowest BCUT2D eigenvalue weighted by molar-refractivity contribution is 1.22. The molecule has 0 bridgehead atoms. The summed E-state index contributed by atoms with van der Waals surface area (Å²) in [5, 5.41) is 0. The Balaban J connectivity index is 3.60. The zero-order chi connectivity index (χ0) is 5.70. The van der Waals surface area contributed by atoms with Crippen LogP contribution in [0.3, 0.4) is 0 Å². The maximum absolute atomic E-state index is 3.81. The smallest absolute Gasteiger partial charge is 0.121 e. The van der Waals surface area contributed by atoms with Crippen molar-refractivity contribution in [3.05, 3.63) is 0 Å². The molecule has 0 spiro atoms. The lowest BCUT2D eigenvalue weighted by Crippen LogP contribution is -1.86. The van der Waals surface area contributed by atoms with E-state index in [0.29, 0.717) is 0 Å². The van der Waals surface area contributed by atoms with E-state index in [1.54, 1.807) is 7.05 Å². The maximum atomic E-state index is 3.81. The Morgan fingerprint density at radius 3 is 2.29 bits per heavy atom. The van der Waals surface area contributed by atoms with E-state index in [2.05, 4.69) is 16.7 Å². The van der Waals surface area contributed by atoms with Crippen LogP contribution in [0.15, 0.2) is 9.98 Å². The fraction of sp³-hybridized carbons (Fsp3) is 0.600. The monoisotopic (exact) mass is 98.1 g/mol. The van der Waals surface area contributed by atoms with Gasteiger partial charge in [0.15, 0.2) is 0 Å². The van der Waals surface area contributed by atoms with Crippen molar-refractivity contribution in [2.45, 2.75) is 13.3 Å². The molecule has 0 aromatic rings. The first-order chi connectivity index (χ1) is 3.35. The van der Waals surface area contributed by atoms with Gasteiger partial charge >= 0.3 is 0 Å². The minimum Gasteiger partial charge on any atom is -0.274 e. The molecular formula is C5H10N2. The van der Waals surface area contributed by atoms with Crippen LogP contribution in [0.1, 0.15) is 13.3 Å². The van der Waals surface area contributed by atoms with Crippen LogP contribution in [0.4, 0.5) is 0 Å². The van der Waals surface area contributed by atoms with Crippen molar-refractivity contribution in [1.29, 1.82) is 0 Å². The summed E-state index contributed by atoms with van der Waals surface area (Å²) < 4.78 is 0. The standard InChI is InChI=1S/C5H10N2/c1-4-5(6-2)7-3/h2,4H2,1,3H3/b7-5-. The molecule has 0 saturated carbocycles. The number of amidine groups is 1. The summed E-state index contributed by atoms with van der Waals surface area (Å²) in [5.74, 6) is 0.819. The second-order valence-corrected chi connectivity index (χ2v) is 1.15. The van der Waals surface area contributed by atoms with Crippen LogP contribution in [0, 0.1) is 0 Å². The topological polar surface area (TPSA) is 24.7 Å². The molecule has 2 heteroatoms. The van der Waals surface area contributed by atoms with Gasteiger partial charge in [0.05, 0.1) is 0 Å². The molecule has 0 unspecified atom stereocenters. The first kappa shape index (κ1) is 6.34. The molecule has 7 heavy (non-hydrogen) atoms. The minimum absolute atomic E-state index is 0.819. The van der Waals surface area contributed by atoms with Gasteiger partial charge in [0, 0.05) is 13.5 Å². The van der Waals surface area contributed by atoms with E-state index < -0.39 is 0 Å². The van der Waals surface area contributed by atoms with Crippen LogP contribution < -0.4 is 0 Å². The molecule has 0 rings (SSSR count). The van der Waals surface area contributed by atoms with Crippen LogP contribution in [-0.4, -0.2) is 19.6 Å². The third kappa shape index (κ3) is 2.09. The number of hydrogen-bond donors (Lipinski definition) is 0. The van der Waals surface area contributed by atoms with E-state index in [4.69, 9.17) is 0 Å². The molecule has 0 amide bonds. The lowest BCUT2D eigenvalue weighted by atomic mass is 10.4. The van der Waals surface area contributed by atoms with Gasteiger partial charge < -0.3 is 0 Å². The lowest BCUT2D eigenvalue weighted by Gasteiger charge is -1.86. The van der Waals surface area contributed by atoms with Gasteiger partial charge in [-0.15, -0.1) is 0 Å². The predicted octanol–water partition coefficient (Wildman–Crippen LogP) is 1.13. The molecule has 40 valence electrons. The zero-order valence-corrected chi connectivity index (χ0v) is 4.81. The van der Waals surface area contributed by atoms with E-state index in [-0.39, 0.29) is 0 Å². The van der Waals surface area contributed by atoms with Crippen LogP contribution in [0.2, 0.25) is 0 Å². The summed E-state index contributed by atoms with van der Waals surface area (Å²) in [4.78, 5) is 7.44. The van der Waals surface area contributed by atoms with Crippen LogP contribution in [0.25, 0.3) is 0 Å². The van der Waals surface area contributed by atoms with Crippen molar-refractivity contribution >= 4 is 12.6 Å². The number of aliphatic imine (C=N–C) groups is 2. The third-order valence-corrected chi connectivity index (χ3v) is 0.757. The molecule has 0 aliphatic carbocycles. The quantitative estimate of drug-likeness (QED) is 0.347. The van der Waals surface area contributed by atoms with Crippen molar-refractivity contribution in [2.75, 3.05) is 7.05 Å².